The molecule has 10 heteroatoms. The summed E-state index contributed by atoms with van der Waals surface area (Å²) in [5, 5.41) is 31.7. The number of nitrogens with zero attached hydrogens (tertiary/aromatic N) is 3. The average molecular weight is 237 g/mol. The fraction of sp³-hybridized carbons (Fsp3) is 1.00. The van der Waals surface area contributed by atoms with E-state index in [4.69, 9.17) is 4.74 Å². The van der Waals surface area contributed by atoms with Crippen molar-refractivity contribution in [2.45, 2.75) is 38.8 Å². The molecule has 0 amide bonds. The number of hydrogen-bond donors (Lipinski definition) is 0. The second-order valence-electron chi connectivity index (χ2n) is 3.29. The molecule has 10 nitrogen and oxygen atoms in total. The lowest BCUT2D eigenvalue weighted by Gasteiger charge is -2.17. The van der Waals surface area contributed by atoms with Crippen LogP contribution < -0.4 is 0 Å². The lowest BCUT2D eigenvalue weighted by Crippen LogP contribution is -2.61. The third-order valence-electron chi connectivity index (χ3n) is 1.83. The quantitative estimate of drug-likeness (QED) is 0.367. The van der Waals surface area contributed by atoms with Crippen LogP contribution in [0.1, 0.15) is 20.8 Å². The van der Waals surface area contributed by atoms with Crippen LogP contribution in [0.2, 0.25) is 0 Å². The summed E-state index contributed by atoms with van der Waals surface area (Å²) in [6, 6.07) is 0. The second-order valence-corrected chi connectivity index (χ2v) is 3.29. The normalized spacial score (nSPS) is 13.5. The first-order valence-electron chi connectivity index (χ1n) is 4.26. The Kier molecular flexibility index (Phi) is 4.24. The van der Waals surface area contributed by atoms with Gasteiger partial charge in [-0.05, 0) is 20.8 Å². The Morgan fingerprint density at radius 2 is 1.25 bits per heavy atom. The van der Waals surface area contributed by atoms with Crippen molar-refractivity contribution in [3.8, 4) is 0 Å². The number of ether oxygens (including phenoxy) is 1. The summed E-state index contributed by atoms with van der Waals surface area (Å²) in [5.74, 6) is -3.57. The van der Waals surface area contributed by atoms with E-state index in [1.165, 1.54) is 13.8 Å². The zero-order valence-corrected chi connectivity index (χ0v) is 8.85. The Labute approximate surface area is 89.6 Å². The van der Waals surface area contributed by atoms with Crippen molar-refractivity contribution in [3.63, 3.8) is 0 Å². The molecule has 0 fully saturated rings. The summed E-state index contributed by atoms with van der Waals surface area (Å²) < 4.78 is 4.77. The first kappa shape index (κ1) is 14.2. The summed E-state index contributed by atoms with van der Waals surface area (Å²) >= 11 is 0. The predicted octanol–water partition coefficient (Wildman–Crippen LogP) is 0.284. The highest BCUT2D eigenvalue weighted by atomic mass is 16.7. The van der Waals surface area contributed by atoms with Crippen LogP contribution in [0.3, 0.4) is 0 Å². The highest BCUT2D eigenvalue weighted by molar-refractivity contribution is 4.64. The molecule has 0 aromatic rings. The van der Waals surface area contributed by atoms with Crippen molar-refractivity contribution in [1.29, 1.82) is 0 Å². The molecule has 1 atom stereocenters. The van der Waals surface area contributed by atoms with Crippen LogP contribution in [-0.2, 0) is 4.74 Å². The molecule has 0 saturated carbocycles. The van der Waals surface area contributed by atoms with Crippen LogP contribution in [0.4, 0.5) is 0 Å². The van der Waals surface area contributed by atoms with Crippen molar-refractivity contribution in [2.24, 2.45) is 0 Å². The van der Waals surface area contributed by atoms with E-state index in [1.807, 2.05) is 0 Å². The molecule has 0 bridgehead atoms. The first-order chi connectivity index (χ1) is 7.17. The SMILES string of the molecule is CC(C)OC(C)C([N+](=O)[O-])([N+](=O)[O-])[N+](=O)[O-]. The van der Waals surface area contributed by atoms with Gasteiger partial charge in [0.25, 0.3) is 6.10 Å². The van der Waals surface area contributed by atoms with E-state index in [9.17, 15) is 30.3 Å². The van der Waals surface area contributed by atoms with Crippen LogP contribution in [-0.4, -0.2) is 32.8 Å². The second kappa shape index (κ2) is 4.79. The zero-order valence-electron chi connectivity index (χ0n) is 8.85. The molecule has 0 spiro atoms. The molecule has 0 rings (SSSR count). The van der Waals surface area contributed by atoms with Gasteiger partial charge in [0.2, 0.25) is 0 Å². The maximum absolute atomic E-state index is 10.6. The van der Waals surface area contributed by atoms with Gasteiger partial charge >= 0.3 is 5.79 Å². The maximum atomic E-state index is 10.6. The van der Waals surface area contributed by atoms with Gasteiger partial charge in [-0.3, -0.25) is 30.3 Å². The van der Waals surface area contributed by atoms with E-state index in [2.05, 4.69) is 0 Å². The van der Waals surface area contributed by atoms with Gasteiger partial charge in [-0.15, -0.1) is 0 Å². The van der Waals surface area contributed by atoms with E-state index >= 15 is 0 Å². The molecule has 0 aliphatic carbocycles. The number of nitro groups is 3. The number of rotatable bonds is 6. The summed E-state index contributed by atoms with van der Waals surface area (Å²) in [6.07, 6.45) is -2.39. The molecule has 0 N–H and O–H groups in total. The summed E-state index contributed by atoms with van der Waals surface area (Å²) in [4.78, 5) is 27.0. The van der Waals surface area contributed by atoms with Gasteiger partial charge in [-0.25, -0.2) is 0 Å². The van der Waals surface area contributed by atoms with Crippen LogP contribution >= 0.6 is 0 Å². The van der Waals surface area contributed by atoms with Crippen molar-refractivity contribution in [2.75, 3.05) is 0 Å². The van der Waals surface area contributed by atoms with Gasteiger partial charge in [0.15, 0.2) is 14.8 Å². The van der Waals surface area contributed by atoms with Crippen LogP contribution in [0, 0.1) is 30.3 Å². The minimum absolute atomic E-state index is 0.603. The maximum Gasteiger partial charge on any atom is 0.725 e. The Hall–Kier alpha value is -1.84. The molecule has 0 saturated heterocycles. The predicted molar refractivity (Wildman–Crippen MR) is 49.4 cm³/mol. The Morgan fingerprint density at radius 3 is 1.44 bits per heavy atom. The highest BCUT2D eigenvalue weighted by Gasteiger charge is 2.76. The van der Waals surface area contributed by atoms with E-state index < -0.39 is 32.8 Å². The van der Waals surface area contributed by atoms with E-state index in [-0.39, 0.29) is 0 Å². The molecule has 0 aromatic carbocycles. The molecular formula is C6H11N3O7. The first-order valence-corrected chi connectivity index (χ1v) is 4.26. The Bertz CT molecular complexity index is 279. The van der Waals surface area contributed by atoms with Gasteiger partial charge in [-0.1, -0.05) is 0 Å². The van der Waals surface area contributed by atoms with E-state index in [0.29, 0.717) is 0 Å². The molecular weight excluding hydrogens is 226 g/mol. The topological polar surface area (TPSA) is 139 Å². The summed E-state index contributed by atoms with van der Waals surface area (Å²) in [6.45, 7) is 3.84. The van der Waals surface area contributed by atoms with E-state index in [0.717, 1.165) is 6.92 Å². The molecule has 0 radical (unpaired) electrons. The molecule has 16 heavy (non-hydrogen) atoms. The van der Waals surface area contributed by atoms with Crippen molar-refractivity contribution >= 4 is 0 Å². The Morgan fingerprint density at radius 1 is 0.938 bits per heavy atom. The van der Waals surface area contributed by atoms with Crippen LogP contribution in [0.25, 0.3) is 0 Å². The minimum atomic E-state index is -3.57. The summed E-state index contributed by atoms with van der Waals surface area (Å²) in [7, 11) is 0. The van der Waals surface area contributed by atoms with Gasteiger partial charge in [0.05, 0.1) is 6.10 Å². The monoisotopic (exact) mass is 237 g/mol. The van der Waals surface area contributed by atoms with Crippen LogP contribution in [0.5, 0.6) is 0 Å². The fourth-order valence-electron chi connectivity index (χ4n) is 1.14. The largest absolute Gasteiger partial charge is 0.725 e. The average Bonchev–Trinajstić information content (AvgIpc) is 1.99. The molecule has 0 heterocycles. The van der Waals surface area contributed by atoms with Gasteiger partial charge in [0, 0.05) is 0 Å². The lowest BCUT2D eigenvalue weighted by molar-refractivity contribution is -0.977. The smallest absolute Gasteiger partial charge is 0.354 e. The molecule has 0 aromatic heterocycles. The standard InChI is InChI=1S/C6H11N3O7/c1-4(2)16-5(3)6(7(10)11,8(12)13)9(14)15/h4-5H,1-3H3. The summed E-state index contributed by atoms with van der Waals surface area (Å²) in [5.41, 5.74) is 0. The molecule has 1 unspecified atom stereocenters. The third-order valence-corrected chi connectivity index (χ3v) is 1.83. The van der Waals surface area contributed by atoms with Gasteiger partial charge in [-0.2, -0.15) is 0 Å². The fourth-order valence-corrected chi connectivity index (χ4v) is 1.14. The molecule has 0 aliphatic rings. The highest BCUT2D eigenvalue weighted by Crippen LogP contribution is 2.21. The lowest BCUT2D eigenvalue weighted by atomic mass is 10.2. The molecule has 0 aliphatic heterocycles. The minimum Gasteiger partial charge on any atom is -0.354 e. The van der Waals surface area contributed by atoms with E-state index in [1.54, 1.807) is 0 Å². The van der Waals surface area contributed by atoms with Crippen molar-refractivity contribution in [1.82, 2.24) is 0 Å². The van der Waals surface area contributed by atoms with Crippen molar-refractivity contribution in [3.05, 3.63) is 30.3 Å². The molecule has 92 valence electrons. The number of hydrogen-bond acceptors (Lipinski definition) is 7. The van der Waals surface area contributed by atoms with Crippen LogP contribution in [0.15, 0.2) is 0 Å². The van der Waals surface area contributed by atoms with Gasteiger partial charge in [0.1, 0.15) is 0 Å². The third kappa shape index (κ3) is 2.21. The Balaban J connectivity index is 5.44. The van der Waals surface area contributed by atoms with Gasteiger partial charge < -0.3 is 4.74 Å². The van der Waals surface area contributed by atoms with Crippen molar-refractivity contribution < 1.29 is 19.5 Å². The zero-order chi connectivity index (χ0) is 13.1.